The zero-order valence-corrected chi connectivity index (χ0v) is 63.9. The van der Waals surface area contributed by atoms with Crippen molar-refractivity contribution in [2.75, 3.05) is 0 Å². The molecular weight excluding hydrogens is 1280 g/mol. The van der Waals surface area contributed by atoms with E-state index in [1.807, 2.05) is 39.0 Å². The molecule has 0 spiro atoms. The molecule has 0 unspecified atom stereocenters. The summed E-state index contributed by atoms with van der Waals surface area (Å²) in [6.45, 7) is 58.4. The molecule has 0 aliphatic carbocycles. The molecule has 0 fully saturated rings. The maximum absolute atomic E-state index is 11.7. The van der Waals surface area contributed by atoms with Crippen molar-refractivity contribution in [1.29, 1.82) is 0 Å². The number of nitrogens with zero attached hydrogens (tertiary/aromatic N) is 1. The molecule has 3 nitrogen and oxygen atoms in total. The Balaban J connectivity index is 0.000000777. The molecule has 0 atom stereocenters. The van der Waals surface area contributed by atoms with Crippen LogP contribution in [0.5, 0.6) is 0 Å². The van der Waals surface area contributed by atoms with Gasteiger partial charge in [-0.05, 0) is 169 Å². The molecule has 2 aromatic heterocycles. The number of ketones is 1. The van der Waals surface area contributed by atoms with Crippen LogP contribution in [0.2, 0.25) is 0 Å². The van der Waals surface area contributed by atoms with E-state index in [2.05, 4.69) is 255 Å². The maximum Gasteiger partial charge on any atom is 0.191 e. The number of thiophene rings is 1. The second kappa shape index (κ2) is 29.0. The number of aromatic nitrogens is 1. The van der Waals surface area contributed by atoms with Gasteiger partial charge in [0.05, 0.1) is 5.76 Å². The second-order valence-corrected chi connectivity index (χ2v) is 39.6. The summed E-state index contributed by atoms with van der Waals surface area (Å²) in [5.41, 5.74) is 12.7. The fraction of sp³-hybridized carbons (Fsp3) is 0.537. The number of carbonyl (C=O) groups is 1. The molecule has 1 N–H and O–H groups in total. The topological polar surface area (TPSA) is 50.2 Å². The Morgan fingerprint density at radius 1 is 0.511 bits per heavy atom. The van der Waals surface area contributed by atoms with E-state index < -0.39 is 8.07 Å². The van der Waals surface area contributed by atoms with E-state index in [9.17, 15) is 9.90 Å². The SMILES string of the molecule is CC(C)(C)Cc1cc(CC(C)(C)C)cc([Si](c2cc(CC(C)(C)C)cc(CC(C)(C)C)c2)(c2cc(CC(C)(C)C)cc(CC(C)(C)C)c2)c2cc3ccnc(-c4[c-]c5ccccc5c(C(C)(C)C)c4)c3s2)c1.CCC(CC)C(=O)/C=C(\O)C(CC)CC.[Ir]. The van der Waals surface area contributed by atoms with Crippen LogP contribution in [0.25, 0.3) is 32.1 Å². The van der Waals surface area contributed by atoms with E-state index in [-0.39, 0.29) is 81.4 Å². The average molecular weight is 1400 g/mol. The number of aliphatic hydroxyl groups excluding tert-OH is 1. The molecule has 0 saturated carbocycles. The minimum Gasteiger partial charge on any atom is -0.512 e. The molecule has 0 aliphatic heterocycles. The number of rotatable bonds is 18. The Labute approximate surface area is 555 Å². The molecule has 2 heterocycles. The standard InChI is InChI=1S/C69H92NSSi.C13H24O2.Ir/c1-63(2,3)40-46-28-47(41-64(4,5)6)32-55(31-46)72(56-33-48(42-65(7,8)9)29-49(34-56)43-66(10,11)12,57-35-50(44-67(13,14)15)30-51(36-57)45-68(16,17)18)60-39-53-26-27-70-61(62(53)71-60)54-37-52-24-22-23-25-58(52)59(38-54)69(19,20)21;1-5-10(6-2)12(14)9-13(15)11(7-3)8-4;/h22-36,38-39H,40-45H2,1-21H3;9-11,14H,5-8H2,1-4H3;/q-1;;/b;12-9-;. The first-order valence-corrected chi connectivity index (χ1v) is 36.0. The van der Waals surface area contributed by atoms with Crippen molar-refractivity contribution >= 4 is 66.1 Å². The van der Waals surface area contributed by atoms with Gasteiger partial charge in [0.15, 0.2) is 13.9 Å². The molecular formula is C82H116IrNO2SSi-. The van der Waals surface area contributed by atoms with E-state index in [1.165, 1.54) is 80.6 Å². The molecule has 6 heteroatoms. The Kier molecular flexibility index (Phi) is 24.5. The van der Waals surface area contributed by atoms with Crippen molar-refractivity contribution < 1.29 is 30.0 Å². The summed E-state index contributed by atoms with van der Waals surface area (Å²) in [4.78, 5) is 17.1. The summed E-state index contributed by atoms with van der Waals surface area (Å²) in [6, 6.07) is 43.9. The van der Waals surface area contributed by atoms with Gasteiger partial charge in [0.25, 0.3) is 0 Å². The number of allylic oxidation sites excluding steroid dienone is 2. The fourth-order valence-electron chi connectivity index (χ4n) is 13.2. The van der Waals surface area contributed by atoms with Crippen LogP contribution in [-0.2, 0) is 68.8 Å². The molecule has 0 bridgehead atoms. The van der Waals surface area contributed by atoms with Crippen LogP contribution in [0.3, 0.4) is 0 Å². The Hall–Kier alpha value is -4.45. The van der Waals surface area contributed by atoms with E-state index in [4.69, 9.17) is 4.98 Å². The van der Waals surface area contributed by atoms with Crippen LogP contribution in [-0.4, -0.2) is 23.9 Å². The molecule has 7 aromatic rings. The van der Waals surface area contributed by atoms with Crippen molar-refractivity contribution in [1.82, 2.24) is 4.98 Å². The predicted octanol–water partition coefficient (Wildman–Crippen LogP) is 21.0. The minimum atomic E-state index is -3.25. The number of benzene rings is 5. The molecule has 7 rings (SSSR count). The van der Waals surface area contributed by atoms with Crippen LogP contribution in [0.15, 0.2) is 115 Å². The third-order valence-electron chi connectivity index (χ3n) is 16.6. The van der Waals surface area contributed by atoms with Crippen LogP contribution in [0, 0.1) is 50.4 Å². The number of hydrogen-bond acceptors (Lipinski definition) is 4. The average Bonchev–Trinajstić information content (AvgIpc) is 1.30. The number of pyridine rings is 1. The Bertz CT molecular complexity index is 3210. The first kappa shape index (κ1) is 74.3. The minimum absolute atomic E-state index is 0. The summed E-state index contributed by atoms with van der Waals surface area (Å²) < 4.78 is 2.72. The van der Waals surface area contributed by atoms with E-state index >= 15 is 0 Å². The van der Waals surface area contributed by atoms with Crippen molar-refractivity contribution in [2.24, 2.45) is 44.3 Å². The van der Waals surface area contributed by atoms with Gasteiger partial charge in [0.2, 0.25) is 0 Å². The van der Waals surface area contributed by atoms with E-state index in [0.29, 0.717) is 0 Å². The Morgan fingerprint density at radius 3 is 1.22 bits per heavy atom. The van der Waals surface area contributed by atoms with Crippen LogP contribution in [0.4, 0.5) is 0 Å². The predicted molar refractivity (Wildman–Crippen MR) is 387 cm³/mol. The van der Waals surface area contributed by atoms with Gasteiger partial charge in [-0.15, -0.1) is 40.5 Å². The van der Waals surface area contributed by atoms with Crippen molar-refractivity contribution in [3.8, 4) is 11.3 Å². The van der Waals surface area contributed by atoms with Crippen molar-refractivity contribution in [3.63, 3.8) is 0 Å². The van der Waals surface area contributed by atoms with Crippen LogP contribution in [0.1, 0.15) is 238 Å². The first-order chi connectivity index (χ1) is 40.0. The summed E-state index contributed by atoms with van der Waals surface area (Å²) in [5.74, 6) is 0.547. The maximum atomic E-state index is 11.7. The van der Waals surface area contributed by atoms with Gasteiger partial charge in [0, 0.05) is 59.1 Å². The molecule has 0 amide bonds. The summed E-state index contributed by atoms with van der Waals surface area (Å²) >= 11 is 2.02. The number of carbonyl (C=O) groups excluding carboxylic acids is 1. The largest absolute Gasteiger partial charge is 0.512 e. The summed E-state index contributed by atoms with van der Waals surface area (Å²) in [6.07, 6.45) is 13.0. The Morgan fingerprint density at radius 2 is 0.875 bits per heavy atom. The third kappa shape index (κ3) is 20.5. The molecule has 0 saturated heterocycles. The van der Waals surface area contributed by atoms with Crippen molar-refractivity contribution in [3.05, 3.63) is 160 Å². The monoisotopic (exact) mass is 1400 g/mol. The van der Waals surface area contributed by atoms with Crippen LogP contribution < -0.4 is 20.1 Å². The zero-order valence-electron chi connectivity index (χ0n) is 59.7. The zero-order chi connectivity index (χ0) is 65.0. The normalized spacial score (nSPS) is 13.3. The van der Waals surface area contributed by atoms with Gasteiger partial charge in [-0.1, -0.05) is 257 Å². The molecule has 88 heavy (non-hydrogen) atoms. The molecule has 1 radical (unpaired) electrons. The smallest absolute Gasteiger partial charge is 0.191 e. The van der Waals surface area contributed by atoms with Gasteiger partial charge < -0.3 is 5.11 Å². The number of hydrogen-bond donors (Lipinski definition) is 1. The summed E-state index contributed by atoms with van der Waals surface area (Å²) in [5, 5.41) is 17.9. The second-order valence-electron chi connectivity index (χ2n) is 34.4. The van der Waals surface area contributed by atoms with Gasteiger partial charge in [-0.3, -0.25) is 9.78 Å². The van der Waals surface area contributed by atoms with Gasteiger partial charge in [-0.25, -0.2) is 0 Å². The van der Waals surface area contributed by atoms with Gasteiger partial charge >= 0.3 is 0 Å². The van der Waals surface area contributed by atoms with E-state index in [0.717, 1.165) is 80.9 Å². The number of aliphatic hydroxyl groups is 1. The molecule has 0 aliphatic rings. The first-order valence-electron chi connectivity index (χ1n) is 33.2. The van der Waals surface area contributed by atoms with Crippen molar-refractivity contribution in [2.45, 2.75) is 243 Å². The van der Waals surface area contributed by atoms with E-state index in [1.54, 1.807) is 0 Å². The summed E-state index contributed by atoms with van der Waals surface area (Å²) in [7, 11) is -3.25. The van der Waals surface area contributed by atoms with Gasteiger partial charge in [0.1, 0.15) is 0 Å². The third-order valence-corrected chi connectivity index (χ3v) is 23.1. The molecule has 481 valence electrons. The van der Waals surface area contributed by atoms with Crippen LogP contribution >= 0.6 is 11.3 Å². The fourth-order valence-corrected chi connectivity index (χ4v) is 20.8. The van der Waals surface area contributed by atoms with Gasteiger partial charge in [-0.2, -0.15) is 0 Å². The quantitative estimate of drug-likeness (QED) is 0.0306. The number of fused-ring (bicyclic) bond motifs is 2. The molecule has 5 aromatic carbocycles.